The summed E-state index contributed by atoms with van der Waals surface area (Å²) in [6.45, 7) is 4.11. The van der Waals surface area contributed by atoms with Crippen LogP contribution in [0.2, 0.25) is 0 Å². The van der Waals surface area contributed by atoms with Crippen molar-refractivity contribution in [3.05, 3.63) is 102 Å². The lowest BCUT2D eigenvalue weighted by atomic mass is 10.0. The van der Waals surface area contributed by atoms with Crippen LogP contribution >= 0.6 is 0 Å². The molecule has 2 heterocycles. The number of nitrogens with zero attached hydrogens (tertiary/aromatic N) is 3. The molecule has 0 saturated heterocycles. The smallest absolute Gasteiger partial charge is 0.139 e. The van der Waals surface area contributed by atoms with Crippen LogP contribution in [0.1, 0.15) is 22.5 Å². The van der Waals surface area contributed by atoms with E-state index in [2.05, 4.69) is 40.6 Å². The number of aryl methyl sites for hydroxylation is 2. The van der Waals surface area contributed by atoms with Crippen LogP contribution in [0.25, 0.3) is 5.65 Å². The molecule has 0 aliphatic carbocycles. The Kier molecular flexibility index (Phi) is 3.90. The van der Waals surface area contributed by atoms with Crippen LogP contribution in [0.5, 0.6) is 0 Å². The molecule has 0 amide bonds. The average molecular weight is 325 g/mol. The van der Waals surface area contributed by atoms with Crippen molar-refractivity contribution in [2.24, 2.45) is 4.99 Å². The van der Waals surface area contributed by atoms with Crippen molar-refractivity contribution in [3.8, 4) is 0 Å². The summed E-state index contributed by atoms with van der Waals surface area (Å²) >= 11 is 0. The third kappa shape index (κ3) is 2.96. The number of aliphatic imine (C=N–C) groups is 1. The molecule has 2 aromatic carbocycles. The van der Waals surface area contributed by atoms with E-state index in [1.807, 2.05) is 61.7 Å². The van der Waals surface area contributed by atoms with E-state index in [9.17, 15) is 0 Å². The Labute approximate surface area is 147 Å². The molecule has 0 spiro atoms. The van der Waals surface area contributed by atoms with Gasteiger partial charge in [0.05, 0.1) is 17.1 Å². The van der Waals surface area contributed by atoms with Gasteiger partial charge in [0.2, 0.25) is 0 Å². The highest BCUT2D eigenvalue weighted by Crippen LogP contribution is 2.21. The summed E-state index contributed by atoms with van der Waals surface area (Å²) in [6, 6.07) is 24.6. The number of hydrogen-bond donors (Lipinski definition) is 0. The highest BCUT2D eigenvalue weighted by atomic mass is 15.0. The third-order valence-corrected chi connectivity index (χ3v) is 4.42. The Balaban J connectivity index is 1.87. The predicted octanol–water partition coefficient (Wildman–Crippen LogP) is 5.12. The lowest BCUT2D eigenvalue weighted by Crippen LogP contribution is -2.02. The second-order valence-electron chi connectivity index (χ2n) is 6.09. The minimum Gasteiger partial charge on any atom is -0.304 e. The number of benzene rings is 2. The summed E-state index contributed by atoms with van der Waals surface area (Å²) in [5.41, 5.74) is 7.21. The van der Waals surface area contributed by atoms with E-state index in [1.54, 1.807) is 0 Å². The Morgan fingerprint density at radius 2 is 1.44 bits per heavy atom. The van der Waals surface area contributed by atoms with Crippen molar-refractivity contribution in [2.45, 2.75) is 13.8 Å². The van der Waals surface area contributed by atoms with Gasteiger partial charge in [-0.05, 0) is 19.9 Å². The van der Waals surface area contributed by atoms with Crippen molar-refractivity contribution < 1.29 is 0 Å². The number of pyridine rings is 1. The number of fused-ring (bicyclic) bond motifs is 1. The second-order valence-corrected chi connectivity index (χ2v) is 6.09. The molecule has 25 heavy (non-hydrogen) atoms. The normalized spacial score (nSPS) is 10.8. The maximum atomic E-state index is 4.95. The van der Waals surface area contributed by atoms with Crippen molar-refractivity contribution in [3.63, 3.8) is 0 Å². The fourth-order valence-corrected chi connectivity index (χ4v) is 2.96. The largest absolute Gasteiger partial charge is 0.304 e. The molecule has 0 unspecified atom stereocenters. The minimum absolute atomic E-state index is 0.903. The predicted molar refractivity (Wildman–Crippen MR) is 103 cm³/mol. The third-order valence-electron chi connectivity index (χ3n) is 4.42. The molecule has 4 aromatic rings. The van der Waals surface area contributed by atoms with Crippen LogP contribution < -0.4 is 0 Å². The molecule has 0 fully saturated rings. The first-order chi connectivity index (χ1) is 12.2. The molecule has 0 N–H and O–H groups in total. The van der Waals surface area contributed by atoms with E-state index < -0.39 is 0 Å². The van der Waals surface area contributed by atoms with Gasteiger partial charge in [0.25, 0.3) is 0 Å². The van der Waals surface area contributed by atoms with Crippen LogP contribution in [0.4, 0.5) is 5.69 Å². The molecule has 0 atom stereocenters. The molecule has 3 heteroatoms. The lowest BCUT2D eigenvalue weighted by molar-refractivity contribution is 1.09. The van der Waals surface area contributed by atoms with Crippen molar-refractivity contribution in [1.29, 1.82) is 0 Å². The highest BCUT2D eigenvalue weighted by molar-refractivity contribution is 6.13. The summed E-state index contributed by atoms with van der Waals surface area (Å²) in [5.74, 6) is 0. The van der Waals surface area contributed by atoms with Crippen LogP contribution in [0.3, 0.4) is 0 Å². The molecular formula is C22H19N3. The van der Waals surface area contributed by atoms with E-state index in [4.69, 9.17) is 4.99 Å². The van der Waals surface area contributed by atoms with Crippen LogP contribution in [0.15, 0.2) is 84.0 Å². The van der Waals surface area contributed by atoms with Gasteiger partial charge in [0, 0.05) is 29.1 Å². The molecular weight excluding hydrogens is 306 g/mol. The monoisotopic (exact) mass is 325 g/mol. The van der Waals surface area contributed by atoms with Gasteiger partial charge >= 0.3 is 0 Å². The van der Waals surface area contributed by atoms with E-state index in [0.29, 0.717) is 0 Å². The molecule has 4 rings (SSSR count). The van der Waals surface area contributed by atoms with Crippen molar-refractivity contribution >= 4 is 17.0 Å². The fourth-order valence-electron chi connectivity index (χ4n) is 2.96. The first-order valence-corrected chi connectivity index (χ1v) is 8.37. The van der Waals surface area contributed by atoms with Crippen molar-refractivity contribution in [2.75, 3.05) is 0 Å². The first kappa shape index (κ1) is 15.3. The summed E-state index contributed by atoms with van der Waals surface area (Å²) in [5, 5.41) is 0. The van der Waals surface area contributed by atoms with Crippen molar-refractivity contribution in [1.82, 2.24) is 9.38 Å². The zero-order chi connectivity index (χ0) is 17.2. The van der Waals surface area contributed by atoms with E-state index in [1.165, 1.54) is 0 Å². The summed E-state index contributed by atoms with van der Waals surface area (Å²) in [7, 11) is 0. The van der Waals surface area contributed by atoms with Crippen LogP contribution in [0, 0.1) is 13.8 Å². The van der Waals surface area contributed by atoms with E-state index >= 15 is 0 Å². The zero-order valence-corrected chi connectivity index (χ0v) is 14.3. The highest BCUT2D eigenvalue weighted by Gasteiger charge is 2.08. The lowest BCUT2D eigenvalue weighted by Gasteiger charge is -2.08. The summed E-state index contributed by atoms with van der Waals surface area (Å²) in [4.78, 5) is 9.57. The minimum atomic E-state index is 0.903. The number of rotatable bonds is 3. The SMILES string of the molecule is Cc1nc2cc(N=C(c3ccccc3)c3ccccc3)ccn2c1C. The topological polar surface area (TPSA) is 29.7 Å². The van der Waals surface area contributed by atoms with Gasteiger partial charge in [-0.25, -0.2) is 9.98 Å². The Morgan fingerprint density at radius 1 is 0.840 bits per heavy atom. The van der Waals surface area contributed by atoms with Gasteiger partial charge in [-0.1, -0.05) is 60.7 Å². The summed E-state index contributed by atoms with van der Waals surface area (Å²) in [6.07, 6.45) is 2.04. The molecule has 2 aromatic heterocycles. The van der Waals surface area contributed by atoms with E-state index in [0.717, 1.165) is 39.6 Å². The standard InChI is InChI=1S/C22H19N3/c1-16-17(2)25-14-13-20(15-21(25)23-16)24-22(18-9-5-3-6-10-18)19-11-7-4-8-12-19/h3-15H,1-2H3. The van der Waals surface area contributed by atoms with Gasteiger partial charge in [-0.15, -0.1) is 0 Å². The Bertz CT molecular complexity index is 1000. The van der Waals surface area contributed by atoms with Crippen LogP contribution in [-0.4, -0.2) is 15.1 Å². The quantitative estimate of drug-likeness (QED) is 0.481. The van der Waals surface area contributed by atoms with Gasteiger partial charge < -0.3 is 4.40 Å². The van der Waals surface area contributed by atoms with E-state index in [-0.39, 0.29) is 0 Å². The number of hydrogen-bond acceptors (Lipinski definition) is 2. The average Bonchev–Trinajstić information content (AvgIpc) is 2.95. The molecule has 0 bridgehead atoms. The molecule has 3 nitrogen and oxygen atoms in total. The molecule has 0 saturated carbocycles. The maximum Gasteiger partial charge on any atom is 0.139 e. The van der Waals surface area contributed by atoms with Gasteiger partial charge in [0.15, 0.2) is 0 Å². The maximum absolute atomic E-state index is 4.95. The first-order valence-electron chi connectivity index (χ1n) is 8.37. The molecule has 0 aliphatic heterocycles. The van der Waals surface area contributed by atoms with Gasteiger partial charge in [-0.3, -0.25) is 0 Å². The number of aromatic nitrogens is 2. The fraction of sp³-hybridized carbons (Fsp3) is 0.0909. The van der Waals surface area contributed by atoms with Crippen LogP contribution in [-0.2, 0) is 0 Å². The van der Waals surface area contributed by atoms with Gasteiger partial charge in [-0.2, -0.15) is 0 Å². The second kappa shape index (κ2) is 6.36. The molecule has 0 aliphatic rings. The summed E-state index contributed by atoms with van der Waals surface area (Å²) < 4.78 is 2.10. The zero-order valence-electron chi connectivity index (χ0n) is 14.3. The molecule has 122 valence electrons. The Morgan fingerprint density at radius 3 is 2.04 bits per heavy atom. The Hall–Kier alpha value is -3.20. The molecule has 0 radical (unpaired) electrons. The van der Waals surface area contributed by atoms with Gasteiger partial charge in [0.1, 0.15) is 5.65 Å². The number of imidazole rings is 1.